The Morgan fingerprint density at radius 2 is 1.61 bits per heavy atom. The number of carboxylic acid groups (broad SMARTS) is 1. The number of hydrogen-bond donors (Lipinski definition) is 1. The van der Waals surface area contributed by atoms with Crippen LogP contribution in [0.5, 0.6) is 0 Å². The number of alkyl halides is 2. The highest BCUT2D eigenvalue weighted by Crippen LogP contribution is 2.08. The van der Waals surface area contributed by atoms with Gasteiger partial charge in [-0.3, -0.25) is 4.90 Å². The molecule has 0 heterocycles. The number of nitrogens with zero attached hydrogens (tertiary/aromatic N) is 1. The van der Waals surface area contributed by atoms with Crippen LogP contribution in [-0.2, 0) is 6.54 Å². The van der Waals surface area contributed by atoms with Crippen molar-refractivity contribution in [1.29, 1.82) is 0 Å². The van der Waals surface area contributed by atoms with E-state index in [4.69, 9.17) is 28.3 Å². The van der Waals surface area contributed by atoms with Crippen LogP contribution < -0.4 is 0 Å². The van der Waals surface area contributed by atoms with Crippen LogP contribution >= 0.6 is 35.6 Å². The number of benzene rings is 1. The molecule has 0 bridgehead atoms. The van der Waals surface area contributed by atoms with Crippen LogP contribution in [0.4, 0.5) is 0 Å². The van der Waals surface area contributed by atoms with Crippen molar-refractivity contribution < 1.29 is 9.90 Å². The molecule has 18 heavy (non-hydrogen) atoms. The predicted molar refractivity (Wildman–Crippen MR) is 77.4 cm³/mol. The average molecular weight is 313 g/mol. The van der Waals surface area contributed by atoms with Crippen molar-refractivity contribution in [1.82, 2.24) is 4.90 Å². The highest BCUT2D eigenvalue weighted by Gasteiger charge is 2.06. The second-order valence-electron chi connectivity index (χ2n) is 3.66. The Labute approximate surface area is 123 Å². The van der Waals surface area contributed by atoms with Gasteiger partial charge in [0.2, 0.25) is 0 Å². The lowest BCUT2D eigenvalue weighted by molar-refractivity contribution is 0.0697. The first kappa shape index (κ1) is 17.5. The van der Waals surface area contributed by atoms with Gasteiger partial charge in [0.25, 0.3) is 0 Å². The normalized spacial score (nSPS) is 10.2. The van der Waals surface area contributed by atoms with Gasteiger partial charge in [-0.1, -0.05) is 12.1 Å². The first-order valence-electron chi connectivity index (χ1n) is 5.34. The molecule has 6 heteroatoms. The van der Waals surface area contributed by atoms with Crippen LogP contribution in [0.25, 0.3) is 0 Å². The fraction of sp³-hybridized carbons (Fsp3) is 0.417. The van der Waals surface area contributed by atoms with Crippen molar-refractivity contribution >= 4 is 41.6 Å². The number of rotatable bonds is 7. The summed E-state index contributed by atoms with van der Waals surface area (Å²) in [5, 5.41) is 8.78. The van der Waals surface area contributed by atoms with Crippen LogP contribution in [0.15, 0.2) is 24.3 Å². The maximum absolute atomic E-state index is 10.7. The second-order valence-corrected chi connectivity index (χ2v) is 4.41. The quantitative estimate of drug-likeness (QED) is 0.787. The van der Waals surface area contributed by atoms with E-state index in [1.807, 2.05) is 12.1 Å². The molecule has 0 radical (unpaired) electrons. The Morgan fingerprint density at radius 3 is 2.00 bits per heavy atom. The maximum Gasteiger partial charge on any atom is 0.335 e. The number of halogens is 3. The zero-order valence-electron chi connectivity index (χ0n) is 9.81. The first-order valence-corrected chi connectivity index (χ1v) is 6.40. The van der Waals surface area contributed by atoms with Crippen molar-refractivity contribution in [2.24, 2.45) is 0 Å². The number of aromatic carboxylic acids is 1. The molecule has 0 aliphatic rings. The molecule has 1 aromatic rings. The van der Waals surface area contributed by atoms with E-state index >= 15 is 0 Å². The van der Waals surface area contributed by atoms with Crippen LogP contribution in [0, 0.1) is 0 Å². The SMILES string of the molecule is Cl.O=C(O)c1ccc(CN(CCCl)CCCl)cc1. The molecule has 3 nitrogen and oxygen atoms in total. The molecule has 0 aliphatic heterocycles. The van der Waals surface area contributed by atoms with Crippen LogP contribution in [-0.4, -0.2) is 40.8 Å². The summed E-state index contributed by atoms with van der Waals surface area (Å²) in [6.45, 7) is 2.28. The molecule has 0 amide bonds. The third kappa shape index (κ3) is 5.91. The third-order valence-electron chi connectivity index (χ3n) is 2.41. The summed E-state index contributed by atoms with van der Waals surface area (Å²) in [7, 11) is 0. The summed E-state index contributed by atoms with van der Waals surface area (Å²) in [6.07, 6.45) is 0. The van der Waals surface area contributed by atoms with Gasteiger partial charge >= 0.3 is 5.97 Å². The summed E-state index contributed by atoms with van der Waals surface area (Å²) in [6, 6.07) is 6.85. The van der Waals surface area contributed by atoms with Gasteiger partial charge in [-0.05, 0) is 17.7 Å². The van der Waals surface area contributed by atoms with E-state index in [1.54, 1.807) is 12.1 Å². The minimum absolute atomic E-state index is 0. The molecule has 1 N–H and O–H groups in total. The molecule has 0 fully saturated rings. The Balaban J connectivity index is 0.00000289. The Kier molecular flexibility index (Phi) is 9.20. The second kappa shape index (κ2) is 9.45. The highest BCUT2D eigenvalue weighted by atomic mass is 35.5. The van der Waals surface area contributed by atoms with E-state index in [-0.39, 0.29) is 12.4 Å². The monoisotopic (exact) mass is 311 g/mol. The fourth-order valence-electron chi connectivity index (χ4n) is 1.52. The molecule has 1 aromatic carbocycles. The van der Waals surface area contributed by atoms with Gasteiger partial charge in [-0.2, -0.15) is 0 Å². The largest absolute Gasteiger partial charge is 0.478 e. The number of carboxylic acids is 1. The molecule has 0 saturated heterocycles. The zero-order chi connectivity index (χ0) is 12.7. The first-order chi connectivity index (χ1) is 8.17. The van der Waals surface area contributed by atoms with E-state index in [2.05, 4.69) is 4.90 Å². The molecular weight excluding hydrogens is 296 g/mol. The summed E-state index contributed by atoms with van der Waals surface area (Å²) in [4.78, 5) is 12.8. The van der Waals surface area contributed by atoms with Gasteiger partial charge in [0.1, 0.15) is 0 Å². The Bertz CT molecular complexity index is 351. The topological polar surface area (TPSA) is 40.5 Å². The Morgan fingerprint density at radius 1 is 1.11 bits per heavy atom. The minimum Gasteiger partial charge on any atom is -0.478 e. The highest BCUT2D eigenvalue weighted by molar-refractivity contribution is 6.18. The molecular formula is C12H16Cl3NO2. The van der Waals surface area contributed by atoms with Crippen molar-refractivity contribution in [2.45, 2.75) is 6.54 Å². The summed E-state index contributed by atoms with van der Waals surface area (Å²) in [5.41, 5.74) is 1.36. The molecule has 0 saturated carbocycles. The number of carbonyl (C=O) groups is 1. The van der Waals surface area contributed by atoms with Crippen molar-refractivity contribution in [2.75, 3.05) is 24.8 Å². The van der Waals surface area contributed by atoms with Gasteiger partial charge in [0.05, 0.1) is 5.56 Å². The van der Waals surface area contributed by atoms with E-state index in [1.165, 1.54) is 0 Å². The summed E-state index contributed by atoms with van der Waals surface area (Å²) >= 11 is 11.4. The van der Waals surface area contributed by atoms with E-state index in [0.717, 1.165) is 25.2 Å². The predicted octanol–water partition coefficient (Wildman–Crippen LogP) is 3.09. The van der Waals surface area contributed by atoms with Crippen LogP contribution in [0.3, 0.4) is 0 Å². The van der Waals surface area contributed by atoms with Crippen molar-refractivity contribution in [3.63, 3.8) is 0 Å². The van der Waals surface area contributed by atoms with Gasteiger partial charge in [0.15, 0.2) is 0 Å². The van der Waals surface area contributed by atoms with Crippen molar-refractivity contribution in [3.05, 3.63) is 35.4 Å². The molecule has 0 unspecified atom stereocenters. The third-order valence-corrected chi connectivity index (χ3v) is 2.75. The molecule has 0 aromatic heterocycles. The van der Waals surface area contributed by atoms with E-state index in [9.17, 15) is 4.79 Å². The Hall–Kier alpha value is -0.480. The van der Waals surface area contributed by atoms with E-state index in [0.29, 0.717) is 17.3 Å². The molecule has 0 atom stereocenters. The molecule has 0 spiro atoms. The van der Waals surface area contributed by atoms with Crippen LogP contribution in [0.1, 0.15) is 15.9 Å². The lowest BCUT2D eigenvalue weighted by Gasteiger charge is -2.19. The summed E-state index contributed by atoms with van der Waals surface area (Å²) < 4.78 is 0. The van der Waals surface area contributed by atoms with Crippen LogP contribution in [0.2, 0.25) is 0 Å². The number of hydrogen-bond acceptors (Lipinski definition) is 2. The fourth-order valence-corrected chi connectivity index (χ4v) is 2.00. The zero-order valence-corrected chi connectivity index (χ0v) is 12.1. The van der Waals surface area contributed by atoms with Gasteiger partial charge in [-0.15, -0.1) is 35.6 Å². The van der Waals surface area contributed by atoms with Gasteiger partial charge in [0, 0.05) is 31.4 Å². The molecule has 1 rings (SSSR count). The molecule has 0 aliphatic carbocycles. The summed E-state index contributed by atoms with van der Waals surface area (Å²) in [5.74, 6) is 0.212. The average Bonchev–Trinajstić information content (AvgIpc) is 2.30. The molecule has 102 valence electrons. The van der Waals surface area contributed by atoms with Crippen molar-refractivity contribution in [3.8, 4) is 0 Å². The minimum atomic E-state index is -0.907. The maximum atomic E-state index is 10.7. The van der Waals surface area contributed by atoms with E-state index < -0.39 is 5.97 Å². The van der Waals surface area contributed by atoms with Gasteiger partial charge in [-0.25, -0.2) is 4.79 Å². The lowest BCUT2D eigenvalue weighted by Crippen LogP contribution is -2.27. The lowest BCUT2D eigenvalue weighted by atomic mass is 10.1. The standard InChI is InChI=1S/C12H15Cl2NO2.ClH/c13-5-7-15(8-6-14)9-10-1-3-11(4-2-10)12(16)17;/h1-4H,5-9H2,(H,16,17);1H. The van der Waals surface area contributed by atoms with Gasteiger partial charge < -0.3 is 5.11 Å². The smallest absolute Gasteiger partial charge is 0.335 e.